The molecule has 1 N–H and O–H groups in total. The molecule has 24 heavy (non-hydrogen) atoms. The summed E-state index contributed by atoms with van der Waals surface area (Å²) in [7, 11) is 0. The molecule has 3 aromatic rings. The van der Waals surface area contributed by atoms with E-state index in [0.717, 1.165) is 23.5 Å². The SMILES string of the molecule is Cc1csc2ncc(C(=O)Nc3nnc(C4CCCO4)s3)c(=O)n12. The Morgan fingerprint density at radius 3 is 3.12 bits per heavy atom. The molecule has 4 rings (SSSR count). The van der Waals surface area contributed by atoms with Crippen LogP contribution < -0.4 is 10.9 Å². The average Bonchev–Trinajstić information content (AvgIpc) is 3.28. The lowest BCUT2D eigenvalue weighted by Gasteiger charge is -2.03. The van der Waals surface area contributed by atoms with Gasteiger partial charge < -0.3 is 4.74 Å². The maximum atomic E-state index is 12.5. The predicted octanol–water partition coefficient (Wildman–Crippen LogP) is 2.02. The van der Waals surface area contributed by atoms with E-state index < -0.39 is 5.91 Å². The van der Waals surface area contributed by atoms with Crippen LogP contribution in [0.5, 0.6) is 0 Å². The molecular formula is C14H13N5O3S2. The number of hydrogen-bond donors (Lipinski definition) is 1. The van der Waals surface area contributed by atoms with Crippen LogP contribution in [0.4, 0.5) is 5.13 Å². The Morgan fingerprint density at radius 2 is 2.33 bits per heavy atom. The van der Waals surface area contributed by atoms with E-state index in [9.17, 15) is 9.59 Å². The van der Waals surface area contributed by atoms with E-state index in [4.69, 9.17) is 4.74 Å². The number of carbonyl (C=O) groups excluding carboxylic acids is 1. The van der Waals surface area contributed by atoms with Crippen LogP contribution in [0.15, 0.2) is 16.4 Å². The summed E-state index contributed by atoms with van der Waals surface area (Å²) in [5, 5.41) is 13.5. The van der Waals surface area contributed by atoms with Gasteiger partial charge in [-0.05, 0) is 19.8 Å². The van der Waals surface area contributed by atoms with Gasteiger partial charge in [-0.25, -0.2) is 4.98 Å². The zero-order chi connectivity index (χ0) is 16.7. The van der Waals surface area contributed by atoms with Gasteiger partial charge in [-0.15, -0.1) is 21.5 Å². The van der Waals surface area contributed by atoms with Crippen molar-refractivity contribution in [2.45, 2.75) is 25.9 Å². The Bertz CT molecular complexity index is 970. The quantitative estimate of drug-likeness (QED) is 0.764. The highest BCUT2D eigenvalue weighted by Crippen LogP contribution is 2.31. The summed E-state index contributed by atoms with van der Waals surface area (Å²) >= 11 is 2.62. The van der Waals surface area contributed by atoms with Gasteiger partial charge in [-0.3, -0.25) is 19.3 Å². The smallest absolute Gasteiger partial charge is 0.271 e. The molecule has 8 nitrogen and oxygen atoms in total. The van der Waals surface area contributed by atoms with Crippen LogP contribution >= 0.6 is 22.7 Å². The summed E-state index contributed by atoms with van der Waals surface area (Å²) in [6.45, 7) is 2.52. The second-order valence-corrected chi connectivity index (χ2v) is 7.22. The second-order valence-electron chi connectivity index (χ2n) is 5.37. The molecule has 1 unspecified atom stereocenters. The normalized spacial score (nSPS) is 17.5. The number of thiazole rings is 1. The molecule has 1 atom stereocenters. The number of carbonyl (C=O) groups is 1. The first-order valence-corrected chi connectivity index (χ1v) is 9.05. The lowest BCUT2D eigenvalue weighted by Crippen LogP contribution is -2.26. The topological polar surface area (TPSA) is 98.5 Å². The summed E-state index contributed by atoms with van der Waals surface area (Å²) in [5.74, 6) is -0.539. The maximum absolute atomic E-state index is 12.5. The summed E-state index contributed by atoms with van der Waals surface area (Å²) in [5.41, 5.74) is 0.335. The Morgan fingerprint density at radius 1 is 1.46 bits per heavy atom. The number of amides is 1. The van der Waals surface area contributed by atoms with Gasteiger partial charge in [0.1, 0.15) is 16.7 Å². The van der Waals surface area contributed by atoms with Crippen LogP contribution in [0.25, 0.3) is 4.96 Å². The van der Waals surface area contributed by atoms with Gasteiger partial charge in [0, 0.05) is 23.9 Å². The number of fused-ring (bicyclic) bond motifs is 1. The summed E-state index contributed by atoms with van der Waals surface area (Å²) in [6.07, 6.45) is 3.15. The van der Waals surface area contributed by atoms with Crippen molar-refractivity contribution in [3.8, 4) is 0 Å². The molecule has 1 fully saturated rings. The number of ether oxygens (including phenoxy) is 1. The number of rotatable bonds is 3. The molecular weight excluding hydrogens is 350 g/mol. The van der Waals surface area contributed by atoms with Gasteiger partial charge in [-0.2, -0.15) is 0 Å². The molecule has 1 saturated heterocycles. The average molecular weight is 363 g/mol. The Labute approximate surface area is 144 Å². The number of nitrogens with one attached hydrogen (secondary N) is 1. The van der Waals surface area contributed by atoms with Crippen LogP contribution in [0.2, 0.25) is 0 Å². The molecule has 3 aromatic heterocycles. The molecule has 1 aliphatic rings. The van der Waals surface area contributed by atoms with Gasteiger partial charge in [0.05, 0.1) is 0 Å². The van der Waals surface area contributed by atoms with E-state index in [2.05, 4.69) is 20.5 Å². The number of anilines is 1. The number of hydrogen-bond acceptors (Lipinski definition) is 8. The summed E-state index contributed by atoms with van der Waals surface area (Å²) in [6, 6.07) is 0. The lowest BCUT2D eigenvalue weighted by atomic mass is 10.2. The molecule has 0 spiro atoms. The third kappa shape index (κ3) is 2.62. The maximum Gasteiger partial charge on any atom is 0.271 e. The lowest BCUT2D eigenvalue weighted by molar-refractivity contribution is 0.102. The largest absolute Gasteiger partial charge is 0.371 e. The predicted molar refractivity (Wildman–Crippen MR) is 89.9 cm³/mol. The van der Waals surface area contributed by atoms with Crippen molar-refractivity contribution >= 4 is 38.7 Å². The van der Waals surface area contributed by atoms with Crippen molar-refractivity contribution in [2.75, 3.05) is 11.9 Å². The van der Waals surface area contributed by atoms with E-state index in [1.165, 1.54) is 33.3 Å². The van der Waals surface area contributed by atoms with Crippen LogP contribution in [-0.4, -0.2) is 32.1 Å². The van der Waals surface area contributed by atoms with Crippen molar-refractivity contribution in [1.29, 1.82) is 0 Å². The van der Waals surface area contributed by atoms with E-state index in [0.29, 0.717) is 16.7 Å². The zero-order valence-electron chi connectivity index (χ0n) is 12.7. The Balaban J connectivity index is 1.59. The molecule has 0 radical (unpaired) electrons. The van der Waals surface area contributed by atoms with Crippen molar-refractivity contribution in [3.63, 3.8) is 0 Å². The van der Waals surface area contributed by atoms with Crippen molar-refractivity contribution in [3.05, 3.63) is 38.2 Å². The number of aromatic nitrogens is 4. The third-order valence-electron chi connectivity index (χ3n) is 3.73. The van der Waals surface area contributed by atoms with Gasteiger partial charge in [0.25, 0.3) is 11.5 Å². The van der Waals surface area contributed by atoms with Gasteiger partial charge in [0.2, 0.25) is 5.13 Å². The van der Waals surface area contributed by atoms with Gasteiger partial charge in [-0.1, -0.05) is 11.3 Å². The highest BCUT2D eigenvalue weighted by atomic mass is 32.1. The first kappa shape index (κ1) is 15.4. The summed E-state index contributed by atoms with van der Waals surface area (Å²) < 4.78 is 6.97. The fourth-order valence-electron chi connectivity index (χ4n) is 2.53. The molecule has 124 valence electrons. The number of aryl methyl sites for hydroxylation is 1. The molecule has 0 bridgehead atoms. The van der Waals surface area contributed by atoms with E-state index in [1.807, 2.05) is 5.38 Å². The van der Waals surface area contributed by atoms with E-state index in [1.54, 1.807) is 6.92 Å². The minimum Gasteiger partial charge on any atom is -0.371 e. The van der Waals surface area contributed by atoms with Crippen LogP contribution in [-0.2, 0) is 4.74 Å². The van der Waals surface area contributed by atoms with Crippen LogP contribution in [0.3, 0.4) is 0 Å². The molecule has 4 heterocycles. The van der Waals surface area contributed by atoms with Crippen LogP contribution in [0.1, 0.15) is 40.0 Å². The first-order valence-electron chi connectivity index (χ1n) is 7.35. The summed E-state index contributed by atoms with van der Waals surface area (Å²) in [4.78, 5) is 29.6. The Kier molecular flexibility index (Phi) is 3.87. The molecule has 1 aliphatic heterocycles. The van der Waals surface area contributed by atoms with Gasteiger partial charge >= 0.3 is 0 Å². The van der Waals surface area contributed by atoms with Crippen molar-refractivity contribution in [1.82, 2.24) is 19.6 Å². The highest BCUT2D eigenvalue weighted by molar-refractivity contribution is 7.15. The van der Waals surface area contributed by atoms with Gasteiger partial charge in [0.15, 0.2) is 4.96 Å². The van der Waals surface area contributed by atoms with E-state index in [-0.39, 0.29) is 17.2 Å². The molecule has 1 amide bonds. The monoisotopic (exact) mass is 363 g/mol. The Hall–Kier alpha value is -2.17. The highest BCUT2D eigenvalue weighted by Gasteiger charge is 2.23. The molecule has 0 aromatic carbocycles. The van der Waals surface area contributed by atoms with E-state index >= 15 is 0 Å². The fourth-order valence-corrected chi connectivity index (χ4v) is 4.18. The van der Waals surface area contributed by atoms with Crippen molar-refractivity contribution in [2.24, 2.45) is 0 Å². The number of nitrogens with zero attached hydrogens (tertiary/aromatic N) is 4. The molecule has 10 heteroatoms. The van der Waals surface area contributed by atoms with Crippen molar-refractivity contribution < 1.29 is 9.53 Å². The molecule has 0 aliphatic carbocycles. The molecule has 0 saturated carbocycles. The second kappa shape index (κ2) is 6.04. The third-order valence-corrected chi connectivity index (χ3v) is 5.62. The van der Waals surface area contributed by atoms with Crippen LogP contribution in [0, 0.1) is 6.92 Å². The standard InChI is InChI=1S/C14H13N5O3S2/c1-7-6-23-14-15-5-8(12(21)19(7)14)10(20)16-13-18-17-11(24-13)9-3-2-4-22-9/h5-6,9H,2-4H2,1H3,(H,16,18,20). The first-order chi connectivity index (χ1) is 11.6. The minimum absolute atomic E-state index is 0.0251. The zero-order valence-corrected chi connectivity index (χ0v) is 14.3. The fraction of sp³-hybridized carbons (Fsp3) is 0.357. The minimum atomic E-state index is -0.539.